The molecule has 0 unspecified atom stereocenters. The largest absolute Gasteiger partial charge is 1.00 e. The van der Waals surface area contributed by atoms with Crippen LogP contribution in [0.4, 0.5) is 0 Å². The number of hydrogen-bond donors (Lipinski definition) is 1. The van der Waals surface area contributed by atoms with E-state index in [2.05, 4.69) is 0 Å². The normalized spacial score (nSPS) is 26.5. The van der Waals surface area contributed by atoms with Gasteiger partial charge in [-0.1, -0.05) is 18.2 Å². The number of para-hydroxylation sites is 1. The van der Waals surface area contributed by atoms with Crippen molar-refractivity contribution in [1.29, 1.82) is 0 Å². The van der Waals surface area contributed by atoms with Gasteiger partial charge in [0.2, 0.25) is 11.7 Å². The Bertz CT molecular complexity index is 784. The van der Waals surface area contributed by atoms with Gasteiger partial charge in [-0.3, -0.25) is 9.59 Å². The summed E-state index contributed by atoms with van der Waals surface area (Å²) in [7, 11) is 0. The molecular formula is C19H22KNO6S. The van der Waals surface area contributed by atoms with Gasteiger partial charge in [0.15, 0.2) is 5.60 Å². The first-order valence-electron chi connectivity index (χ1n) is 8.64. The number of fused-ring (bicyclic) bond motifs is 1. The maximum absolute atomic E-state index is 12.8. The van der Waals surface area contributed by atoms with Crippen LogP contribution in [0.15, 0.2) is 30.3 Å². The van der Waals surface area contributed by atoms with Crippen LogP contribution in [-0.4, -0.2) is 55.5 Å². The number of aliphatic hydroxyl groups excluding tert-OH is 1. The number of β-lactam (4-membered cyclic amide) rings is 1. The van der Waals surface area contributed by atoms with Crippen molar-refractivity contribution in [2.45, 2.75) is 55.6 Å². The molecule has 2 heterocycles. The standard InChI is InChI=1S/C19H23NO6S.K/c1-18(2,26-10-8-6-5-7-9-10)14(22)12(21)11-15(23)20-13(17(24)25)19(3,4)27-16(11)20;/h5-9,11-13,16,21H,1-4H3,(H,24,25);/q;+1/p-1/t11-,12+,13+,16-;/m1./s1. The Morgan fingerprint density at radius 1 is 1.29 bits per heavy atom. The zero-order chi connectivity index (χ0) is 20.1. The van der Waals surface area contributed by atoms with Gasteiger partial charge in [-0.2, -0.15) is 0 Å². The minimum absolute atomic E-state index is 0. The zero-order valence-corrected chi connectivity index (χ0v) is 20.5. The van der Waals surface area contributed by atoms with E-state index >= 15 is 0 Å². The zero-order valence-electron chi connectivity index (χ0n) is 16.5. The Kier molecular flexibility index (Phi) is 7.13. The van der Waals surface area contributed by atoms with E-state index in [0.29, 0.717) is 5.75 Å². The first kappa shape index (κ1) is 23.9. The third kappa shape index (κ3) is 4.07. The molecule has 2 saturated heterocycles. The molecule has 7 nitrogen and oxygen atoms in total. The summed E-state index contributed by atoms with van der Waals surface area (Å²) < 4.78 is 4.93. The van der Waals surface area contributed by atoms with Gasteiger partial charge < -0.3 is 24.6 Å². The van der Waals surface area contributed by atoms with Crippen LogP contribution in [0.3, 0.4) is 0 Å². The Labute approximate surface area is 210 Å². The van der Waals surface area contributed by atoms with E-state index in [1.807, 2.05) is 6.07 Å². The number of hydrogen-bond acceptors (Lipinski definition) is 7. The maximum atomic E-state index is 12.8. The van der Waals surface area contributed by atoms with Gasteiger partial charge in [0.05, 0.1) is 17.4 Å². The third-order valence-electron chi connectivity index (χ3n) is 5.02. The van der Waals surface area contributed by atoms with E-state index in [9.17, 15) is 24.6 Å². The second-order valence-corrected chi connectivity index (χ2v) is 9.61. The van der Waals surface area contributed by atoms with Crippen LogP contribution in [-0.2, 0) is 14.4 Å². The molecule has 0 bridgehead atoms. The van der Waals surface area contributed by atoms with Crippen LogP contribution >= 0.6 is 11.8 Å². The number of carbonyl (C=O) groups is 3. The molecule has 1 aromatic rings. The van der Waals surface area contributed by atoms with Crippen molar-refractivity contribution < 1.29 is 80.7 Å². The molecule has 1 N–H and O–H groups in total. The number of thioether (sulfide) groups is 1. The van der Waals surface area contributed by atoms with Crippen molar-refractivity contribution >= 4 is 29.4 Å². The summed E-state index contributed by atoms with van der Waals surface area (Å²) in [5.41, 5.74) is -1.35. The maximum Gasteiger partial charge on any atom is 1.00 e. The molecule has 2 fully saturated rings. The van der Waals surface area contributed by atoms with Crippen molar-refractivity contribution in [3.63, 3.8) is 0 Å². The van der Waals surface area contributed by atoms with Gasteiger partial charge in [0.25, 0.3) is 0 Å². The summed E-state index contributed by atoms with van der Waals surface area (Å²) in [5.74, 6) is -3.04. The number of Topliss-reactive ketones (excluding diaryl/α,β-unsaturated/α-hetero) is 1. The molecule has 2 aliphatic rings. The van der Waals surface area contributed by atoms with Crippen LogP contribution in [0.2, 0.25) is 0 Å². The van der Waals surface area contributed by atoms with E-state index in [1.54, 1.807) is 38.1 Å². The van der Waals surface area contributed by atoms with Crippen molar-refractivity contribution in [2.24, 2.45) is 5.92 Å². The Hall–Kier alpha value is -0.424. The first-order chi connectivity index (χ1) is 12.5. The van der Waals surface area contributed by atoms with Crippen molar-refractivity contribution in [3.05, 3.63) is 30.3 Å². The van der Waals surface area contributed by atoms with Crippen molar-refractivity contribution in [2.75, 3.05) is 0 Å². The molecule has 9 heteroatoms. The number of carboxylic acids is 1. The number of aliphatic carboxylic acids is 1. The fraction of sp³-hybridized carbons (Fsp3) is 0.526. The smallest absolute Gasteiger partial charge is 0.548 e. The second-order valence-electron chi connectivity index (χ2n) is 7.84. The summed E-state index contributed by atoms with van der Waals surface area (Å²) in [4.78, 5) is 38.0. The number of aliphatic hydroxyl groups is 1. The summed E-state index contributed by atoms with van der Waals surface area (Å²) in [6.07, 6.45) is -1.58. The summed E-state index contributed by atoms with van der Waals surface area (Å²) in [6.45, 7) is 6.47. The fourth-order valence-corrected chi connectivity index (χ4v) is 5.38. The van der Waals surface area contributed by atoms with E-state index in [4.69, 9.17) is 4.74 Å². The van der Waals surface area contributed by atoms with Gasteiger partial charge in [-0.25, -0.2) is 0 Å². The first-order valence-corrected chi connectivity index (χ1v) is 9.52. The van der Waals surface area contributed by atoms with Crippen LogP contribution < -0.4 is 61.2 Å². The summed E-state index contributed by atoms with van der Waals surface area (Å²) in [6, 6.07) is 7.63. The molecule has 3 rings (SSSR count). The number of carbonyl (C=O) groups excluding carboxylic acids is 3. The number of ketones is 1. The number of amides is 1. The monoisotopic (exact) mass is 431 g/mol. The average molecular weight is 432 g/mol. The van der Waals surface area contributed by atoms with Crippen LogP contribution in [0.1, 0.15) is 27.7 Å². The fourth-order valence-electron chi connectivity index (χ4n) is 3.67. The Balaban J connectivity index is 0.00000280. The molecule has 1 amide bonds. The minimum atomic E-state index is -1.58. The van der Waals surface area contributed by atoms with E-state index in [1.165, 1.54) is 30.5 Å². The number of ether oxygens (including phenoxy) is 1. The van der Waals surface area contributed by atoms with Gasteiger partial charge in [0, 0.05) is 4.75 Å². The van der Waals surface area contributed by atoms with Crippen LogP contribution in [0.25, 0.3) is 0 Å². The van der Waals surface area contributed by atoms with E-state index in [0.717, 1.165) is 0 Å². The van der Waals surface area contributed by atoms with Gasteiger partial charge in [-0.05, 0) is 39.8 Å². The predicted octanol–water partition coefficient (Wildman–Crippen LogP) is -2.79. The predicted molar refractivity (Wildman–Crippen MR) is 96.8 cm³/mol. The number of carboxylic acid groups (broad SMARTS) is 1. The van der Waals surface area contributed by atoms with Crippen molar-refractivity contribution in [1.82, 2.24) is 4.90 Å². The van der Waals surface area contributed by atoms with E-state index < -0.39 is 51.4 Å². The Morgan fingerprint density at radius 3 is 2.39 bits per heavy atom. The Morgan fingerprint density at radius 2 is 1.86 bits per heavy atom. The topological polar surface area (TPSA) is 107 Å². The molecule has 0 aromatic heterocycles. The molecule has 0 saturated carbocycles. The molecule has 4 atom stereocenters. The molecule has 28 heavy (non-hydrogen) atoms. The van der Waals surface area contributed by atoms with Crippen molar-refractivity contribution in [3.8, 4) is 5.75 Å². The van der Waals surface area contributed by atoms with Gasteiger partial charge in [0.1, 0.15) is 17.8 Å². The van der Waals surface area contributed by atoms with Crippen LogP contribution in [0.5, 0.6) is 5.75 Å². The molecule has 0 radical (unpaired) electrons. The number of nitrogens with zero attached hydrogens (tertiary/aromatic N) is 1. The molecular weight excluding hydrogens is 409 g/mol. The SMILES string of the molecule is CC(C)(Oc1ccccc1)C(=O)[C@@H](O)[C@@H]1C(=O)N2[C@@H]1SC(C)(C)[C@@H]2C(=O)[O-].[K+]. The molecule has 146 valence electrons. The van der Waals surface area contributed by atoms with E-state index in [-0.39, 0.29) is 51.4 Å². The third-order valence-corrected chi connectivity index (χ3v) is 6.62. The minimum Gasteiger partial charge on any atom is -0.548 e. The number of benzene rings is 1. The van der Waals surface area contributed by atoms with Crippen LogP contribution in [0, 0.1) is 5.92 Å². The quantitative estimate of drug-likeness (QED) is 0.383. The summed E-state index contributed by atoms with van der Waals surface area (Å²) in [5, 5.41) is 21.5. The molecule has 0 aliphatic carbocycles. The number of rotatable bonds is 6. The second kappa shape index (κ2) is 8.37. The molecule has 0 spiro atoms. The average Bonchev–Trinajstić information content (AvgIpc) is 2.82. The molecule has 1 aromatic carbocycles. The van der Waals surface area contributed by atoms with Gasteiger partial charge in [-0.15, -0.1) is 11.8 Å². The van der Waals surface area contributed by atoms with Gasteiger partial charge >= 0.3 is 51.4 Å². The molecule has 2 aliphatic heterocycles. The summed E-state index contributed by atoms with van der Waals surface area (Å²) >= 11 is 1.26.